The van der Waals surface area contributed by atoms with Gasteiger partial charge in [-0.2, -0.15) is 0 Å². The van der Waals surface area contributed by atoms with Gasteiger partial charge in [0.2, 0.25) is 5.78 Å². The number of amides is 3. The summed E-state index contributed by atoms with van der Waals surface area (Å²) < 4.78 is 4.98. The summed E-state index contributed by atoms with van der Waals surface area (Å²) in [4.78, 5) is 49.5. The van der Waals surface area contributed by atoms with Gasteiger partial charge in [0.25, 0.3) is 5.91 Å². The fourth-order valence-corrected chi connectivity index (χ4v) is 3.07. The van der Waals surface area contributed by atoms with Crippen LogP contribution in [0.25, 0.3) is 0 Å². The number of carbonyl (C=O) groups excluding carboxylic acids is 4. The molecule has 1 N–H and O–H groups in total. The van der Waals surface area contributed by atoms with Gasteiger partial charge in [-0.05, 0) is 32.3 Å². The first kappa shape index (κ1) is 19.6. The number of rotatable bonds is 7. The topological polar surface area (TPSA) is 92.8 Å². The Bertz CT molecular complexity index is 752. The Balaban J connectivity index is 1.96. The van der Waals surface area contributed by atoms with Gasteiger partial charge in [-0.15, -0.1) is 0 Å². The molecule has 1 saturated heterocycles. The Labute approximate surface area is 152 Å². The van der Waals surface area contributed by atoms with Crippen molar-refractivity contribution in [3.05, 3.63) is 34.9 Å². The van der Waals surface area contributed by atoms with Gasteiger partial charge in [0.05, 0.1) is 0 Å². The number of esters is 1. The Morgan fingerprint density at radius 1 is 1.15 bits per heavy atom. The van der Waals surface area contributed by atoms with Gasteiger partial charge >= 0.3 is 12.0 Å². The van der Waals surface area contributed by atoms with E-state index in [4.69, 9.17) is 4.74 Å². The summed E-state index contributed by atoms with van der Waals surface area (Å²) >= 11 is 0. The van der Waals surface area contributed by atoms with Crippen LogP contribution in [0.5, 0.6) is 0 Å². The van der Waals surface area contributed by atoms with E-state index in [1.54, 1.807) is 19.9 Å². The second-order valence-corrected chi connectivity index (χ2v) is 6.51. The number of nitrogens with zero attached hydrogens (tertiary/aromatic N) is 1. The molecule has 26 heavy (non-hydrogen) atoms. The maximum absolute atomic E-state index is 12.4. The Hall–Kier alpha value is -2.70. The average molecular weight is 360 g/mol. The van der Waals surface area contributed by atoms with Crippen LogP contribution in [0.15, 0.2) is 18.2 Å². The van der Waals surface area contributed by atoms with E-state index in [1.807, 2.05) is 26.0 Å². The maximum atomic E-state index is 12.4. The second-order valence-electron chi connectivity index (χ2n) is 6.51. The first-order valence-electron chi connectivity index (χ1n) is 8.64. The van der Waals surface area contributed by atoms with Crippen LogP contribution in [-0.4, -0.2) is 47.3 Å². The molecule has 1 aromatic carbocycles. The van der Waals surface area contributed by atoms with E-state index in [0.29, 0.717) is 18.4 Å². The minimum atomic E-state index is -0.966. The van der Waals surface area contributed by atoms with Gasteiger partial charge in [0.15, 0.2) is 6.61 Å². The lowest BCUT2D eigenvalue weighted by Crippen LogP contribution is -2.46. The van der Waals surface area contributed by atoms with Crippen LogP contribution >= 0.6 is 0 Å². The molecule has 1 aliphatic rings. The van der Waals surface area contributed by atoms with Gasteiger partial charge in [-0.1, -0.05) is 37.6 Å². The third kappa shape index (κ3) is 3.76. The number of hydrogen-bond donors (Lipinski definition) is 1. The van der Waals surface area contributed by atoms with Crippen LogP contribution in [0.1, 0.15) is 48.2 Å². The minimum absolute atomic E-state index is 0.329. The molecule has 1 heterocycles. The van der Waals surface area contributed by atoms with E-state index in [1.165, 1.54) is 0 Å². The molecule has 1 aromatic rings. The largest absolute Gasteiger partial charge is 0.456 e. The predicted molar refractivity (Wildman–Crippen MR) is 94.8 cm³/mol. The highest BCUT2D eigenvalue weighted by atomic mass is 16.5. The molecule has 0 radical (unpaired) electrons. The highest BCUT2D eigenvalue weighted by Crippen LogP contribution is 2.24. The molecule has 0 aromatic heterocycles. The van der Waals surface area contributed by atoms with Gasteiger partial charge in [0, 0.05) is 5.56 Å². The normalized spacial score (nSPS) is 15.8. The van der Waals surface area contributed by atoms with E-state index in [-0.39, 0.29) is 5.78 Å². The van der Waals surface area contributed by atoms with Crippen molar-refractivity contribution in [3.8, 4) is 0 Å². The highest BCUT2D eigenvalue weighted by molar-refractivity contribution is 6.08. The van der Waals surface area contributed by atoms with Crippen molar-refractivity contribution in [3.63, 3.8) is 0 Å². The molecule has 1 aliphatic heterocycles. The lowest BCUT2D eigenvalue weighted by molar-refractivity contribution is -0.146. The summed E-state index contributed by atoms with van der Waals surface area (Å²) in [5.41, 5.74) is 1.35. The summed E-state index contributed by atoms with van der Waals surface area (Å²) in [7, 11) is 0. The van der Waals surface area contributed by atoms with Crippen molar-refractivity contribution in [2.24, 2.45) is 0 Å². The quantitative estimate of drug-likeness (QED) is 0.457. The summed E-state index contributed by atoms with van der Waals surface area (Å²) in [6, 6.07) is 4.76. The van der Waals surface area contributed by atoms with Crippen LogP contribution in [0.2, 0.25) is 0 Å². The molecule has 7 heteroatoms. The number of aryl methyl sites for hydroxylation is 2. The molecule has 140 valence electrons. The lowest BCUT2D eigenvalue weighted by Gasteiger charge is -2.22. The van der Waals surface area contributed by atoms with Crippen molar-refractivity contribution in [2.45, 2.75) is 46.1 Å². The molecule has 1 fully saturated rings. The molecule has 2 rings (SSSR count). The number of ketones is 1. The minimum Gasteiger partial charge on any atom is -0.456 e. The van der Waals surface area contributed by atoms with Gasteiger partial charge < -0.3 is 10.1 Å². The van der Waals surface area contributed by atoms with E-state index >= 15 is 0 Å². The molecule has 7 nitrogen and oxygen atoms in total. The zero-order valence-electron chi connectivity index (χ0n) is 15.5. The van der Waals surface area contributed by atoms with E-state index in [9.17, 15) is 19.2 Å². The number of urea groups is 1. The maximum Gasteiger partial charge on any atom is 0.326 e. The van der Waals surface area contributed by atoms with E-state index < -0.39 is 36.6 Å². The first-order valence-corrected chi connectivity index (χ1v) is 8.64. The molecule has 0 atom stereocenters. The highest BCUT2D eigenvalue weighted by Gasteiger charge is 2.49. The van der Waals surface area contributed by atoms with Gasteiger partial charge in [0.1, 0.15) is 12.1 Å². The van der Waals surface area contributed by atoms with Crippen molar-refractivity contribution in [1.82, 2.24) is 10.2 Å². The third-order valence-electron chi connectivity index (χ3n) is 4.79. The van der Waals surface area contributed by atoms with E-state index in [2.05, 4.69) is 5.32 Å². The fourth-order valence-electron chi connectivity index (χ4n) is 3.07. The lowest BCUT2D eigenvalue weighted by atomic mass is 9.93. The van der Waals surface area contributed by atoms with E-state index in [0.717, 1.165) is 16.0 Å². The van der Waals surface area contributed by atoms with Gasteiger partial charge in [-0.25, -0.2) is 4.79 Å². The summed E-state index contributed by atoms with van der Waals surface area (Å²) in [5.74, 6) is -1.57. The standard InChI is InChI=1S/C19H24N2O5/c1-5-19(6-2)17(24)21(18(25)20-19)10-16(23)26-11-15(22)14-8-7-12(3)9-13(14)4/h7-9H,5-6,10-11H2,1-4H3,(H,20,25). The van der Waals surface area contributed by atoms with Crippen LogP contribution in [0.4, 0.5) is 4.79 Å². The zero-order valence-corrected chi connectivity index (χ0v) is 15.5. The number of imide groups is 1. The molecule has 0 bridgehead atoms. The van der Waals surface area contributed by atoms with Crippen LogP contribution in [0, 0.1) is 13.8 Å². The second kappa shape index (κ2) is 7.68. The van der Waals surface area contributed by atoms with Crippen LogP contribution in [0.3, 0.4) is 0 Å². The predicted octanol–water partition coefficient (Wildman–Crippen LogP) is 2.14. The summed E-state index contributed by atoms with van der Waals surface area (Å²) in [6.07, 6.45) is 0.871. The molecular weight excluding hydrogens is 336 g/mol. The number of carbonyl (C=O) groups is 4. The number of ether oxygens (including phenoxy) is 1. The molecule has 0 unspecified atom stereocenters. The Morgan fingerprint density at radius 2 is 1.81 bits per heavy atom. The smallest absolute Gasteiger partial charge is 0.326 e. The van der Waals surface area contributed by atoms with Crippen molar-refractivity contribution < 1.29 is 23.9 Å². The Kier molecular flexibility index (Phi) is 5.79. The number of nitrogens with one attached hydrogen (secondary N) is 1. The molecule has 3 amide bonds. The van der Waals surface area contributed by atoms with Crippen molar-refractivity contribution >= 4 is 23.7 Å². The monoisotopic (exact) mass is 360 g/mol. The molecular formula is C19H24N2O5. The van der Waals surface area contributed by atoms with Crippen molar-refractivity contribution in [2.75, 3.05) is 13.2 Å². The Morgan fingerprint density at radius 3 is 2.35 bits per heavy atom. The molecule has 0 spiro atoms. The van der Waals surface area contributed by atoms with Crippen molar-refractivity contribution in [1.29, 1.82) is 0 Å². The fraction of sp³-hybridized carbons (Fsp3) is 0.474. The number of Topliss-reactive ketones (excluding diaryl/α,β-unsaturated/α-hetero) is 1. The average Bonchev–Trinajstić information content (AvgIpc) is 2.84. The SMILES string of the molecule is CCC1(CC)NC(=O)N(CC(=O)OCC(=O)c2ccc(C)cc2C)C1=O. The van der Waals surface area contributed by atoms with Gasteiger partial charge in [-0.3, -0.25) is 19.3 Å². The zero-order chi connectivity index (χ0) is 19.5. The number of benzene rings is 1. The molecule has 0 saturated carbocycles. The summed E-state index contributed by atoms with van der Waals surface area (Å²) in [6.45, 7) is 6.39. The first-order chi connectivity index (χ1) is 12.2. The number of hydrogen-bond acceptors (Lipinski definition) is 5. The molecule has 0 aliphatic carbocycles. The summed E-state index contributed by atoms with van der Waals surface area (Å²) in [5, 5.41) is 2.64. The van der Waals surface area contributed by atoms with Crippen LogP contribution < -0.4 is 5.32 Å². The third-order valence-corrected chi connectivity index (χ3v) is 4.79. The van der Waals surface area contributed by atoms with Crippen LogP contribution in [-0.2, 0) is 14.3 Å².